The number of thioether (sulfide) groups is 1. The van der Waals surface area contributed by atoms with Crippen molar-refractivity contribution < 1.29 is 9.47 Å². The Morgan fingerprint density at radius 1 is 1.30 bits per heavy atom. The highest BCUT2D eigenvalue weighted by molar-refractivity contribution is 7.99. The fourth-order valence-corrected chi connectivity index (χ4v) is 3.58. The molecular formula is C25H31N5O2S. The number of aliphatic imine (C=N–C) groups is 1. The van der Waals surface area contributed by atoms with Gasteiger partial charge in [0, 0.05) is 47.9 Å². The van der Waals surface area contributed by atoms with E-state index in [-0.39, 0.29) is 5.49 Å². The van der Waals surface area contributed by atoms with Crippen LogP contribution in [0.1, 0.15) is 19.4 Å². The van der Waals surface area contributed by atoms with Crippen LogP contribution in [0, 0.1) is 5.41 Å². The van der Waals surface area contributed by atoms with Crippen LogP contribution in [0.5, 0.6) is 5.75 Å². The van der Waals surface area contributed by atoms with E-state index < -0.39 is 0 Å². The topological polar surface area (TPSA) is 84.5 Å². The average Bonchev–Trinajstić information content (AvgIpc) is 2.82. The lowest BCUT2D eigenvalue weighted by atomic mass is 10.2. The molecule has 0 saturated heterocycles. The van der Waals surface area contributed by atoms with E-state index in [1.807, 2.05) is 56.3 Å². The minimum atomic E-state index is 0.268. The number of hydrogen-bond donors (Lipinski definition) is 2. The number of nitrogens with zero attached hydrogens (tertiary/aromatic N) is 3. The van der Waals surface area contributed by atoms with Crippen molar-refractivity contribution in [2.24, 2.45) is 4.99 Å². The molecule has 2 aromatic rings. The van der Waals surface area contributed by atoms with Crippen LogP contribution >= 0.6 is 11.8 Å². The molecule has 0 bridgehead atoms. The minimum absolute atomic E-state index is 0.268. The molecule has 0 aliphatic rings. The van der Waals surface area contributed by atoms with Crippen LogP contribution in [0.25, 0.3) is 5.70 Å². The highest BCUT2D eigenvalue weighted by Crippen LogP contribution is 2.23. The van der Waals surface area contributed by atoms with Gasteiger partial charge in [-0.2, -0.15) is 0 Å². The smallest absolute Gasteiger partial charge is 0.174 e. The second-order valence-corrected chi connectivity index (χ2v) is 7.97. The summed E-state index contributed by atoms with van der Waals surface area (Å²) >= 11 is 1.46. The molecule has 0 atom stereocenters. The summed E-state index contributed by atoms with van der Waals surface area (Å²) in [6, 6.07) is 7.65. The fourth-order valence-electron chi connectivity index (χ4n) is 2.74. The number of benzene rings is 1. The summed E-state index contributed by atoms with van der Waals surface area (Å²) in [5, 5.41) is 12.7. The summed E-state index contributed by atoms with van der Waals surface area (Å²) in [7, 11) is 4.95. The van der Waals surface area contributed by atoms with Crippen molar-refractivity contribution in [2.45, 2.75) is 19.0 Å². The van der Waals surface area contributed by atoms with Crippen molar-refractivity contribution in [3.63, 3.8) is 0 Å². The Hall–Kier alpha value is -3.52. The normalized spacial score (nSPS) is 12.0. The Morgan fingerprint density at radius 3 is 2.73 bits per heavy atom. The highest BCUT2D eigenvalue weighted by atomic mass is 32.2. The first-order chi connectivity index (χ1) is 15.8. The lowest BCUT2D eigenvalue weighted by molar-refractivity contribution is 0.294. The van der Waals surface area contributed by atoms with E-state index in [4.69, 9.17) is 14.9 Å². The van der Waals surface area contributed by atoms with Crippen LogP contribution in [0.15, 0.2) is 83.5 Å². The standard InChI is InChI=1S/C25H31N5O2S/c1-17(29-21-12-9-13-22(14-21)32-7)16-33-25-28-15-23(20(4)27-5)24(26)30(25)18(2)10-8-11-19(3)31-6/h8-15,26,29H,1-2,16H2,3-7H3/b10-8-,19-11+,26-24?,27-20?. The summed E-state index contributed by atoms with van der Waals surface area (Å²) in [6.07, 6.45) is 7.16. The van der Waals surface area contributed by atoms with E-state index in [2.05, 4.69) is 28.5 Å². The van der Waals surface area contributed by atoms with E-state index in [0.717, 1.165) is 28.6 Å². The van der Waals surface area contributed by atoms with Gasteiger partial charge in [-0.25, -0.2) is 4.98 Å². The molecule has 2 rings (SSSR count). The Bertz CT molecular complexity index is 1160. The zero-order valence-electron chi connectivity index (χ0n) is 19.8. The summed E-state index contributed by atoms with van der Waals surface area (Å²) < 4.78 is 12.1. The third-order valence-corrected chi connectivity index (χ3v) is 5.73. The van der Waals surface area contributed by atoms with E-state index in [0.29, 0.717) is 22.2 Å². The van der Waals surface area contributed by atoms with E-state index in [1.54, 1.807) is 32.0 Å². The molecule has 0 spiro atoms. The van der Waals surface area contributed by atoms with Gasteiger partial charge in [0.05, 0.1) is 25.5 Å². The van der Waals surface area contributed by atoms with Crippen molar-refractivity contribution in [3.05, 3.63) is 84.4 Å². The minimum Gasteiger partial charge on any atom is -0.501 e. The number of allylic oxidation sites excluding steroid dienone is 5. The zero-order chi connectivity index (χ0) is 24.4. The maximum Gasteiger partial charge on any atom is 0.174 e. The van der Waals surface area contributed by atoms with Crippen molar-refractivity contribution in [1.82, 2.24) is 9.55 Å². The van der Waals surface area contributed by atoms with Gasteiger partial charge in [0.2, 0.25) is 0 Å². The maximum absolute atomic E-state index is 8.76. The molecule has 2 N–H and O–H groups in total. The molecule has 8 heteroatoms. The summed E-state index contributed by atoms with van der Waals surface area (Å²) in [5.74, 6) is 2.08. The molecule has 33 heavy (non-hydrogen) atoms. The maximum atomic E-state index is 8.76. The Morgan fingerprint density at radius 2 is 2.06 bits per heavy atom. The predicted octanol–water partition coefficient (Wildman–Crippen LogP) is 5.10. The van der Waals surface area contributed by atoms with E-state index in [1.165, 1.54) is 11.8 Å². The van der Waals surface area contributed by atoms with Gasteiger partial charge in [0.1, 0.15) is 11.2 Å². The lowest BCUT2D eigenvalue weighted by Gasteiger charge is -2.16. The number of ether oxygens (including phenoxy) is 2. The van der Waals surface area contributed by atoms with E-state index in [9.17, 15) is 0 Å². The molecular weight excluding hydrogens is 434 g/mol. The molecule has 0 unspecified atom stereocenters. The van der Waals surface area contributed by atoms with Crippen molar-refractivity contribution in [1.29, 1.82) is 5.41 Å². The predicted molar refractivity (Wildman–Crippen MR) is 138 cm³/mol. The van der Waals surface area contributed by atoms with Gasteiger partial charge < -0.3 is 14.8 Å². The van der Waals surface area contributed by atoms with Gasteiger partial charge in [-0.1, -0.05) is 37.1 Å². The van der Waals surface area contributed by atoms with Gasteiger partial charge >= 0.3 is 0 Å². The molecule has 0 aliphatic heterocycles. The van der Waals surface area contributed by atoms with Crippen molar-refractivity contribution in [3.8, 4) is 5.75 Å². The number of rotatable bonds is 11. The summed E-state index contributed by atoms with van der Waals surface area (Å²) in [5.41, 5.74) is 3.93. The number of nitrogens with one attached hydrogen (secondary N) is 2. The Balaban J connectivity index is 2.29. The quantitative estimate of drug-likeness (QED) is 0.158. The number of aromatic nitrogens is 2. The number of methoxy groups -OCH3 is 2. The number of anilines is 1. The first-order valence-electron chi connectivity index (χ1n) is 10.2. The van der Waals surface area contributed by atoms with Gasteiger partial charge in [-0.15, -0.1) is 0 Å². The number of hydrogen-bond acceptors (Lipinski definition) is 7. The second kappa shape index (κ2) is 12.5. The van der Waals surface area contributed by atoms with Gasteiger partial charge in [0.25, 0.3) is 0 Å². The third kappa shape index (κ3) is 7.25. The van der Waals surface area contributed by atoms with Crippen molar-refractivity contribution in [2.75, 3.05) is 32.3 Å². The van der Waals surface area contributed by atoms with Gasteiger partial charge in [-0.05, 0) is 38.1 Å². The molecule has 1 aromatic carbocycles. The SMILES string of the molecule is C=C(CSc1ncc(C(C)=NC)c(=N)n1C(=C)/C=C\C=C(/C)OC)Nc1cccc(OC)c1. The van der Waals surface area contributed by atoms with Crippen LogP contribution in [-0.2, 0) is 4.74 Å². The van der Waals surface area contributed by atoms with Crippen LogP contribution in [-0.4, -0.2) is 42.3 Å². The molecule has 174 valence electrons. The molecule has 0 amide bonds. The van der Waals surface area contributed by atoms with Crippen LogP contribution in [0.3, 0.4) is 0 Å². The molecule has 0 aliphatic carbocycles. The first-order valence-corrected chi connectivity index (χ1v) is 11.2. The first kappa shape index (κ1) is 25.7. The molecule has 0 fully saturated rings. The highest BCUT2D eigenvalue weighted by Gasteiger charge is 2.12. The van der Waals surface area contributed by atoms with Crippen LogP contribution < -0.4 is 15.5 Å². The van der Waals surface area contributed by atoms with Crippen LogP contribution in [0.2, 0.25) is 0 Å². The Kier molecular flexibility index (Phi) is 9.75. The van der Waals surface area contributed by atoms with Crippen LogP contribution in [0.4, 0.5) is 5.69 Å². The molecule has 0 radical (unpaired) electrons. The largest absolute Gasteiger partial charge is 0.501 e. The molecule has 1 heterocycles. The average molecular weight is 466 g/mol. The van der Waals surface area contributed by atoms with Crippen molar-refractivity contribution >= 4 is 28.9 Å². The third-order valence-electron chi connectivity index (χ3n) is 4.69. The summed E-state index contributed by atoms with van der Waals surface area (Å²) in [4.78, 5) is 8.81. The van der Waals surface area contributed by atoms with E-state index >= 15 is 0 Å². The molecule has 0 saturated carbocycles. The lowest BCUT2D eigenvalue weighted by Crippen LogP contribution is -2.27. The van der Waals surface area contributed by atoms with Gasteiger partial charge in [0.15, 0.2) is 5.16 Å². The van der Waals surface area contributed by atoms with Gasteiger partial charge in [-0.3, -0.25) is 15.0 Å². The zero-order valence-corrected chi connectivity index (χ0v) is 20.6. The summed E-state index contributed by atoms with van der Waals surface area (Å²) in [6.45, 7) is 12.0. The second-order valence-electron chi connectivity index (χ2n) is 7.03. The fraction of sp³-hybridized carbons (Fsp3) is 0.240. The molecule has 7 nitrogen and oxygen atoms in total. The Labute approximate surface area is 199 Å². The monoisotopic (exact) mass is 465 g/mol. The molecule has 1 aromatic heterocycles.